The predicted molar refractivity (Wildman–Crippen MR) is 122 cm³/mol. The molecule has 3 aromatic rings. The molecule has 0 aromatic heterocycles. The van der Waals surface area contributed by atoms with E-state index < -0.39 is 7.26 Å². The summed E-state index contributed by atoms with van der Waals surface area (Å²) >= 11 is 0. The summed E-state index contributed by atoms with van der Waals surface area (Å²) in [4.78, 5) is 12.2. The fourth-order valence-corrected chi connectivity index (χ4v) is 8.26. The molecule has 0 aliphatic carbocycles. The molecular weight excluding hydrogens is 363 g/mol. The van der Waals surface area contributed by atoms with Crippen LogP contribution >= 0.6 is 7.26 Å². The summed E-state index contributed by atoms with van der Waals surface area (Å²) in [6, 6.07) is 32.1. The number of carbonyl (C=O) groups excluding carboxylic acids is 1. The van der Waals surface area contributed by atoms with Crippen molar-refractivity contribution in [1.29, 1.82) is 0 Å². The van der Waals surface area contributed by atoms with Gasteiger partial charge in [-0.3, -0.25) is 0 Å². The maximum atomic E-state index is 12.2. The Hall–Kier alpha value is -2.70. The minimum atomic E-state index is -2.34. The van der Waals surface area contributed by atoms with E-state index in [1.165, 1.54) is 15.9 Å². The van der Waals surface area contributed by atoms with Crippen LogP contribution in [0.1, 0.15) is 13.8 Å². The van der Waals surface area contributed by atoms with Gasteiger partial charge in [0.15, 0.2) is 0 Å². The standard InChI is InChI=1S/C25H27O2P/c1-3-27-25(26)21(2)19-20-28(22-13-7-4-8-14-22,23-15-9-5-10-16-23)24-17-11-6-12-18-24/h4-19,28H,3,20H2,1-2H3/b21-19+. The molecule has 0 saturated carbocycles. The quantitative estimate of drug-likeness (QED) is 0.343. The van der Waals surface area contributed by atoms with Crippen LogP contribution in [0.2, 0.25) is 0 Å². The third-order valence-corrected chi connectivity index (χ3v) is 9.88. The van der Waals surface area contributed by atoms with Crippen LogP contribution in [0.3, 0.4) is 0 Å². The van der Waals surface area contributed by atoms with E-state index in [1.54, 1.807) is 0 Å². The van der Waals surface area contributed by atoms with Crippen LogP contribution in [0.15, 0.2) is 103 Å². The van der Waals surface area contributed by atoms with Crippen LogP contribution < -0.4 is 15.9 Å². The van der Waals surface area contributed by atoms with E-state index in [2.05, 4.69) is 97.1 Å². The number of ether oxygens (including phenoxy) is 1. The second-order valence-corrected chi connectivity index (χ2v) is 10.8. The number of benzene rings is 3. The topological polar surface area (TPSA) is 26.3 Å². The van der Waals surface area contributed by atoms with E-state index >= 15 is 0 Å². The van der Waals surface area contributed by atoms with Gasteiger partial charge in [0.2, 0.25) is 0 Å². The summed E-state index contributed by atoms with van der Waals surface area (Å²) < 4.78 is 5.19. The Kier molecular flexibility index (Phi) is 6.79. The van der Waals surface area contributed by atoms with E-state index in [9.17, 15) is 4.79 Å². The van der Waals surface area contributed by atoms with Crippen molar-refractivity contribution in [2.45, 2.75) is 13.8 Å². The van der Waals surface area contributed by atoms with Crippen LogP contribution in [-0.4, -0.2) is 18.7 Å². The van der Waals surface area contributed by atoms with Crippen molar-refractivity contribution in [1.82, 2.24) is 0 Å². The molecule has 0 bridgehead atoms. The van der Waals surface area contributed by atoms with Gasteiger partial charge in [-0.1, -0.05) is 0 Å². The second kappa shape index (κ2) is 9.48. The molecule has 3 heteroatoms. The monoisotopic (exact) mass is 390 g/mol. The summed E-state index contributed by atoms with van der Waals surface area (Å²) in [5.41, 5.74) is 0.668. The van der Waals surface area contributed by atoms with Gasteiger partial charge in [0.1, 0.15) is 0 Å². The van der Waals surface area contributed by atoms with Crippen molar-refractivity contribution in [3.05, 3.63) is 103 Å². The number of hydrogen-bond acceptors (Lipinski definition) is 2. The van der Waals surface area contributed by atoms with Gasteiger partial charge < -0.3 is 0 Å². The van der Waals surface area contributed by atoms with Crippen molar-refractivity contribution in [3.8, 4) is 0 Å². The summed E-state index contributed by atoms with van der Waals surface area (Å²) in [5, 5.41) is 4.00. The Morgan fingerprint density at radius 1 is 0.786 bits per heavy atom. The summed E-state index contributed by atoms with van der Waals surface area (Å²) in [6.45, 7) is 4.07. The summed E-state index contributed by atoms with van der Waals surface area (Å²) in [7, 11) is -2.34. The molecule has 144 valence electrons. The number of carbonyl (C=O) groups is 1. The number of rotatable bonds is 7. The average molecular weight is 390 g/mol. The van der Waals surface area contributed by atoms with Crippen LogP contribution in [0, 0.1) is 0 Å². The average Bonchev–Trinajstić information content (AvgIpc) is 2.76. The van der Waals surface area contributed by atoms with Crippen molar-refractivity contribution in [2.75, 3.05) is 12.8 Å². The van der Waals surface area contributed by atoms with Gasteiger partial charge >= 0.3 is 168 Å². The molecule has 0 unspecified atom stereocenters. The van der Waals surface area contributed by atoms with E-state index in [1.807, 2.05) is 13.8 Å². The SMILES string of the molecule is CCOC(=O)/C(C)=C/C[PH](c1ccccc1)(c1ccccc1)c1ccccc1. The third kappa shape index (κ3) is 4.24. The third-order valence-electron chi connectivity index (χ3n) is 5.11. The Labute approximate surface area is 168 Å². The molecule has 3 rings (SSSR count). The van der Waals surface area contributed by atoms with E-state index in [4.69, 9.17) is 4.74 Å². The van der Waals surface area contributed by atoms with Gasteiger partial charge in [-0.25, -0.2) is 0 Å². The second-order valence-electron chi connectivity index (χ2n) is 6.82. The Bertz CT molecular complexity index is 822. The molecule has 0 heterocycles. The van der Waals surface area contributed by atoms with Crippen molar-refractivity contribution < 1.29 is 9.53 Å². The molecule has 28 heavy (non-hydrogen) atoms. The molecular formula is C25H27O2P. The number of hydrogen-bond donors (Lipinski definition) is 0. The molecule has 2 nitrogen and oxygen atoms in total. The molecule has 0 aliphatic heterocycles. The van der Waals surface area contributed by atoms with E-state index in [-0.39, 0.29) is 5.97 Å². The number of allylic oxidation sites excluding steroid dienone is 1. The van der Waals surface area contributed by atoms with Gasteiger partial charge in [0, 0.05) is 0 Å². The zero-order valence-electron chi connectivity index (χ0n) is 16.5. The van der Waals surface area contributed by atoms with Crippen molar-refractivity contribution in [2.24, 2.45) is 0 Å². The molecule has 0 N–H and O–H groups in total. The van der Waals surface area contributed by atoms with Crippen LogP contribution in [0.25, 0.3) is 0 Å². The molecule has 0 radical (unpaired) electrons. The maximum absolute atomic E-state index is 12.2. The number of esters is 1. The predicted octanol–water partition coefficient (Wildman–Crippen LogP) is 4.22. The first-order valence-corrected chi connectivity index (χ1v) is 11.9. The molecule has 0 spiro atoms. The van der Waals surface area contributed by atoms with Gasteiger partial charge in [-0.2, -0.15) is 0 Å². The zero-order chi connectivity index (χ0) is 19.8. The fourth-order valence-electron chi connectivity index (χ4n) is 3.66. The van der Waals surface area contributed by atoms with Gasteiger partial charge in [-0.15, -0.1) is 0 Å². The first-order chi connectivity index (χ1) is 13.7. The first kappa shape index (κ1) is 20.0. The van der Waals surface area contributed by atoms with Crippen LogP contribution in [0.4, 0.5) is 0 Å². The van der Waals surface area contributed by atoms with E-state index in [0.29, 0.717) is 12.2 Å². The molecule has 0 fully saturated rings. The van der Waals surface area contributed by atoms with Crippen molar-refractivity contribution >= 4 is 29.1 Å². The molecule has 0 aliphatic rings. The Morgan fingerprint density at radius 3 is 1.54 bits per heavy atom. The van der Waals surface area contributed by atoms with Gasteiger partial charge in [0.05, 0.1) is 0 Å². The molecule has 0 amide bonds. The summed E-state index contributed by atoms with van der Waals surface area (Å²) in [5.74, 6) is -0.236. The van der Waals surface area contributed by atoms with Crippen LogP contribution in [-0.2, 0) is 9.53 Å². The molecule has 3 aromatic carbocycles. The first-order valence-electron chi connectivity index (χ1n) is 9.69. The fraction of sp³-hybridized carbons (Fsp3) is 0.160. The Morgan fingerprint density at radius 2 is 1.18 bits per heavy atom. The molecule has 0 atom stereocenters. The summed E-state index contributed by atoms with van der Waals surface area (Å²) in [6.07, 6.45) is 2.87. The zero-order valence-corrected chi connectivity index (χ0v) is 17.5. The van der Waals surface area contributed by atoms with Gasteiger partial charge in [-0.05, 0) is 0 Å². The Balaban J connectivity index is 2.20. The van der Waals surface area contributed by atoms with Crippen molar-refractivity contribution in [3.63, 3.8) is 0 Å². The van der Waals surface area contributed by atoms with Gasteiger partial charge in [0.25, 0.3) is 0 Å². The van der Waals surface area contributed by atoms with E-state index in [0.717, 1.165) is 6.16 Å². The normalized spacial score (nSPS) is 12.4. The molecule has 0 saturated heterocycles. The van der Waals surface area contributed by atoms with Crippen LogP contribution in [0.5, 0.6) is 0 Å². The minimum absolute atomic E-state index is 0.236.